The van der Waals surface area contributed by atoms with Gasteiger partial charge >= 0.3 is 0 Å². The van der Waals surface area contributed by atoms with Crippen LogP contribution >= 0.6 is 11.3 Å². The Balaban J connectivity index is 2.05. The van der Waals surface area contributed by atoms with Gasteiger partial charge in [-0.05, 0) is 68.5 Å². The van der Waals surface area contributed by atoms with Crippen LogP contribution in [-0.4, -0.2) is 19.1 Å². The van der Waals surface area contributed by atoms with Gasteiger partial charge in [0.05, 0.1) is 19.3 Å². The summed E-state index contributed by atoms with van der Waals surface area (Å²) in [4.78, 5) is 13.3. The maximum atomic E-state index is 12.2. The fourth-order valence-electron chi connectivity index (χ4n) is 2.39. The highest BCUT2D eigenvalue weighted by Gasteiger charge is 2.12. The zero-order valence-electron chi connectivity index (χ0n) is 15.2. The van der Waals surface area contributed by atoms with Crippen molar-refractivity contribution in [3.63, 3.8) is 0 Å². The minimum Gasteiger partial charge on any atom is -0.490 e. The predicted molar refractivity (Wildman–Crippen MR) is 103 cm³/mol. The molecule has 0 fully saturated rings. The average Bonchev–Trinajstić information content (AvgIpc) is 3.00. The molecule has 1 atom stereocenters. The molecule has 0 bridgehead atoms. The number of thiophene rings is 1. The van der Waals surface area contributed by atoms with E-state index in [2.05, 4.69) is 5.32 Å². The zero-order chi connectivity index (χ0) is 18.2. The maximum absolute atomic E-state index is 12.2. The standard InChI is InChI=1S/C20H25NO3S/c1-5-23-17-8-7-16(13-18(17)24-6-2)15(4)21-20(22)10-9-19-14(3)11-12-25-19/h7-13,15H,5-6H2,1-4H3,(H,21,22)/b10-9+/t15-/m0/s1. The van der Waals surface area contributed by atoms with E-state index in [4.69, 9.17) is 9.47 Å². The van der Waals surface area contributed by atoms with E-state index in [-0.39, 0.29) is 11.9 Å². The largest absolute Gasteiger partial charge is 0.490 e. The smallest absolute Gasteiger partial charge is 0.244 e. The molecule has 4 nitrogen and oxygen atoms in total. The van der Waals surface area contributed by atoms with Gasteiger partial charge in [0.2, 0.25) is 5.91 Å². The van der Waals surface area contributed by atoms with Crippen LogP contribution in [0.25, 0.3) is 6.08 Å². The second-order valence-electron chi connectivity index (χ2n) is 5.60. The van der Waals surface area contributed by atoms with E-state index < -0.39 is 0 Å². The number of hydrogen-bond acceptors (Lipinski definition) is 4. The average molecular weight is 359 g/mol. The monoisotopic (exact) mass is 359 g/mol. The summed E-state index contributed by atoms with van der Waals surface area (Å²) in [5, 5.41) is 5.00. The van der Waals surface area contributed by atoms with E-state index in [0.717, 1.165) is 16.2 Å². The van der Waals surface area contributed by atoms with E-state index in [9.17, 15) is 4.79 Å². The third-order valence-electron chi connectivity index (χ3n) is 3.71. The summed E-state index contributed by atoms with van der Waals surface area (Å²) in [6.45, 7) is 9.00. The fourth-order valence-corrected chi connectivity index (χ4v) is 3.21. The van der Waals surface area contributed by atoms with Crippen LogP contribution in [0, 0.1) is 6.92 Å². The number of rotatable bonds is 8. The zero-order valence-corrected chi connectivity index (χ0v) is 16.0. The van der Waals surface area contributed by atoms with Gasteiger partial charge in [-0.25, -0.2) is 0 Å². The first-order valence-corrected chi connectivity index (χ1v) is 9.35. The topological polar surface area (TPSA) is 47.6 Å². The van der Waals surface area contributed by atoms with Gasteiger partial charge < -0.3 is 14.8 Å². The summed E-state index contributed by atoms with van der Waals surface area (Å²) in [7, 11) is 0. The maximum Gasteiger partial charge on any atom is 0.244 e. The summed E-state index contributed by atoms with van der Waals surface area (Å²) in [5.41, 5.74) is 2.15. The second kappa shape index (κ2) is 9.28. The first-order chi connectivity index (χ1) is 12.0. The summed E-state index contributed by atoms with van der Waals surface area (Å²) in [6.07, 6.45) is 3.43. The van der Waals surface area contributed by atoms with Gasteiger partial charge in [-0.3, -0.25) is 4.79 Å². The first-order valence-electron chi connectivity index (χ1n) is 8.47. The molecular formula is C20H25NO3S. The van der Waals surface area contributed by atoms with Gasteiger partial charge in [-0.2, -0.15) is 0 Å². The highest BCUT2D eigenvalue weighted by Crippen LogP contribution is 2.30. The Bertz CT molecular complexity index is 736. The van der Waals surface area contributed by atoms with Gasteiger partial charge in [0.1, 0.15) is 0 Å². The van der Waals surface area contributed by atoms with Crippen LogP contribution in [0.15, 0.2) is 35.7 Å². The molecule has 0 radical (unpaired) electrons. The highest BCUT2D eigenvalue weighted by molar-refractivity contribution is 7.11. The number of amides is 1. The number of aryl methyl sites for hydroxylation is 1. The summed E-state index contributed by atoms with van der Waals surface area (Å²) >= 11 is 1.62. The van der Waals surface area contributed by atoms with Crippen LogP contribution in [0.2, 0.25) is 0 Å². The lowest BCUT2D eigenvalue weighted by Crippen LogP contribution is -2.24. The Morgan fingerprint density at radius 3 is 2.56 bits per heavy atom. The number of carbonyl (C=O) groups is 1. The van der Waals surface area contributed by atoms with Gasteiger partial charge in [0, 0.05) is 11.0 Å². The van der Waals surface area contributed by atoms with E-state index in [1.54, 1.807) is 17.4 Å². The minimum atomic E-state index is -0.128. The molecule has 2 rings (SSSR count). The summed E-state index contributed by atoms with van der Waals surface area (Å²) in [6, 6.07) is 7.67. The van der Waals surface area contributed by atoms with E-state index in [1.807, 2.05) is 63.4 Å². The normalized spacial score (nSPS) is 12.2. The van der Waals surface area contributed by atoms with Gasteiger partial charge in [-0.1, -0.05) is 6.07 Å². The molecule has 2 aromatic rings. The third kappa shape index (κ3) is 5.36. The lowest BCUT2D eigenvalue weighted by molar-refractivity contribution is -0.117. The van der Waals surface area contributed by atoms with Crippen molar-refractivity contribution in [3.8, 4) is 11.5 Å². The van der Waals surface area contributed by atoms with Gasteiger partial charge in [0.25, 0.3) is 0 Å². The van der Waals surface area contributed by atoms with Gasteiger partial charge in [0.15, 0.2) is 11.5 Å². The molecule has 0 saturated heterocycles. The molecular weight excluding hydrogens is 334 g/mol. The predicted octanol–water partition coefficient (Wildman–Crippen LogP) is 4.74. The van der Waals surface area contributed by atoms with Crippen molar-refractivity contribution in [2.24, 2.45) is 0 Å². The summed E-state index contributed by atoms with van der Waals surface area (Å²) in [5.74, 6) is 1.31. The Morgan fingerprint density at radius 2 is 1.92 bits per heavy atom. The molecule has 1 N–H and O–H groups in total. The Hall–Kier alpha value is -2.27. The highest BCUT2D eigenvalue weighted by atomic mass is 32.1. The molecule has 0 aliphatic carbocycles. The molecule has 0 unspecified atom stereocenters. The molecule has 0 saturated carbocycles. The van der Waals surface area contributed by atoms with Crippen LogP contribution in [0.5, 0.6) is 11.5 Å². The second-order valence-corrected chi connectivity index (χ2v) is 6.55. The van der Waals surface area contributed by atoms with Crippen molar-refractivity contribution in [3.05, 3.63) is 51.7 Å². The number of nitrogens with one attached hydrogen (secondary N) is 1. The third-order valence-corrected chi connectivity index (χ3v) is 4.70. The Labute approximate surface area is 153 Å². The molecule has 1 aromatic heterocycles. The molecule has 1 amide bonds. The van der Waals surface area contributed by atoms with Crippen molar-refractivity contribution >= 4 is 23.3 Å². The van der Waals surface area contributed by atoms with Crippen LogP contribution in [0.1, 0.15) is 42.8 Å². The van der Waals surface area contributed by atoms with Crippen molar-refractivity contribution in [2.45, 2.75) is 33.7 Å². The number of hydrogen-bond donors (Lipinski definition) is 1. The molecule has 5 heteroatoms. The molecule has 1 heterocycles. The van der Waals surface area contributed by atoms with Gasteiger partial charge in [-0.15, -0.1) is 11.3 Å². The minimum absolute atomic E-state index is 0.118. The lowest BCUT2D eigenvalue weighted by Gasteiger charge is -2.17. The summed E-state index contributed by atoms with van der Waals surface area (Å²) < 4.78 is 11.2. The van der Waals surface area contributed by atoms with Crippen LogP contribution < -0.4 is 14.8 Å². The van der Waals surface area contributed by atoms with Crippen molar-refractivity contribution < 1.29 is 14.3 Å². The lowest BCUT2D eigenvalue weighted by atomic mass is 10.1. The molecule has 0 spiro atoms. The van der Waals surface area contributed by atoms with Crippen LogP contribution in [0.4, 0.5) is 0 Å². The SMILES string of the molecule is CCOc1ccc([C@H](C)NC(=O)/C=C/c2sccc2C)cc1OCC. The molecule has 25 heavy (non-hydrogen) atoms. The Kier molecular flexibility index (Phi) is 7.07. The van der Waals surface area contributed by atoms with Crippen molar-refractivity contribution in [1.82, 2.24) is 5.32 Å². The fraction of sp³-hybridized carbons (Fsp3) is 0.350. The Morgan fingerprint density at radius 1 is 1.20 bits per heavy atom. The number of benzene rings is 1. The first kappa shape index (κ1) is 19.1. The van der Waals surface area contributed by atoms with Crippen LogP contribution in [-0.2, 0) is 4.79 Å². The van der Waals surface area contributed by atoms with E-state index in [1.165, 1.54) is 5.56 Å². The molecule has 0 aliphatic heterocycles. The molecule has 0 aliphatic rings. The molecule has 134 valence electrons. The molecule has 1 aromatic carbocycles. The van der Waals surface area contributed by atoms with Crippen molar-refractivity contribution in [1.29, 1.82) is 0 Å². The van der Waals surface area contributed by atoms with Crippen molar-refractivity contribution in [2.75, 3.05) is 13.2 Å². The van der Waals surface area contributed by atoms with Crippen LogP contribution in [0.3, 0.4) is 0 Å². The van der Waals surface area contributed by atoms with E-state index in [0.29, 0.717) is 19.0 Å². The number of carbonyl (C=O) groups excluding carboxylic acids is 1. The number of ether oxygens (including phenoxy) is 2. The quantitative estimate of drug-likeness (QED) is 0.692. The van der Waals surface area contributed by atoms with E-state index >= 15 is 0 Å².